The van der Waals surface area contributed by atoms with Gasteiger partial charge < -0.3 is 22.3 Å². The Hall–Kier alpha value is -2.14. The highest BCUT2D eigenvalue weighted by Gasteiger charge is 2.19. The van der Waals surface area contributed by atoms with Crippen molar-refractivity contribution in [3.05, 3.63) is 48.5 Å². The van der Waals surface area contributed by atoms with Gasteiger partial charge in [-0.1, -0.05) is 30.3 Å². The number of thiocarbonyl (C=S) groups is 1. The molecule has 0 atom stereocenters. The molecule has 0 aromatic heterocycles. The quantitative estimate of drug-likeness (QED) is 0.347. The van der Waals surface area contributed by atoms with Gasteiger partial charge in [-0.25, -0.2) is 0 Å². The molecule has 0 fully saturated rings. The second kappa shape index (κ2) is 8.11. The van der Waals surface area contributed by atoms with Gasteiger partial charge >= 0.3 is 0 Å². The number of nitrogens with zero attached hydrogens (tertiary/aromatic N) is 3. The van der Waals surface area contributed by atoms with Crippen molar-refractivity contribution in [3.63, 3.8) is 0 Å². The van der Waals surface area contributed by atoms with Gasteiger partial charge in [0.2, 0.25) is 0 Å². The minimum Gasteiger partial charge on any atom is -0.718 e. The lowest BCUT2D eigenvalue weighted by molar-refractivity contribution is 0.267. The zero-order valence-electron chi connectivity index (χ0n) is 13.1. The number of benzene rings is 2. The molecule has 24 heavy (non-hydrogen) atoms. The van der Waals surface area contributed by atoms with Crippen LogP contribution < -0.4 is 4.90 Å². The summed E-state index contributed by atoms with van der Waals surface area (Å²) in [4.78, 5) is 15.8. The van der Waals surface area contributed by atoms with Gasteiger partial charge in [0.15, 0.2) is 5.11 Å². The van der Waals surface area contributed by atoms with Gasteiger partial charge in [-0.05, 0) is 47.7 Å². The van der Waals surface area contributed by atoms with Crippen LogP contribution in [0.5, 0.6) is 0 Å². The maximum absolute atomic E-state index is 12.1. The fraction of sp³-hybridized carbons (Fsp3) is 0.118. The monoisotopic (exact) mass is 372 g/mol. The first kappa shape index (κ1) is 18.2. The molecule has 2 aromatic carbocycles. The maximum atomic E-state index is 12.1. The lowest BCUT2D eigenvalue weighted by Gasteiger charge is -2.32. The molecule has 0 aliphatic heterocycles. The Bertz CT molecular complexity index is 800. The fourth-order valence-electron chi connectivity index (χ4n) is 2.15. The predicted molar refractivity (Wildman–Crippen MR) is 105 cm³/mol. The molecule has 0 saturated heterocycles. The van der Waals surface area contributed by atoms with E-state index in [0.29, 0.717) is 10.8 Å². The Morgan fingerprint density at radius 3 is 2.42 bits per heavy atom. The van der Waals surface area contributed by atoms with Crippen molar-refractivity contribution in [1.29, 1.82) is 5.26 Å². The first-order chi connectivity index (χ1) is 11.5. The third kappa shape index (κ3) is 4.03. The maximum Gasteiger partial charge on any atom is 0.181 e. The molecule has 0 saturated carbocycles. The first-order valence-corrected chi connectivity index (χ1v) is 8.56. The van der Waals surface area contributed by atoms with Crippen LogP contribution in [-0.4, -0.2) is 29.3 Å². The molecule has 4 nitrogen and oxygen atoms in total. The van der Waals surface area contributed by atoms with E-state index in [1.807, 2.05) is 36.4 Å². The minimum atomic E-state index is -0.577. The number of carbonyl (C=O) groups is 1. The van der Waals surface area contributed by atoms with E-state index >= 15 is 0 Å². The summed E-state index contributed by atoms with van der Waals surface area (Å²) in [7, 11) is 3.52. The zero-order valence-corrected chi connectivity index (χ0v) is 15.5. The second-order valence-corrected chi connectivity index (χ2v) is 6.59. The third-order valence-electron chi connectivity index (χ3n) is 3.21. The topological polar surface area (TPSA) is 47.3 Å². The number of nitriles is 1. The second-order valence-electron chi connectivity index (χ2n) is 5.02. The molecule has 7 heteroatoms. The van der Waals surface area contributed by atoms with Crippen molar-refractivity contribution in [2.24, 2.45) is 0 Å². The van der Waals surface area contributed by atoms with Crippen LogP contribution in [0.15, 0.2) is 53.4 Å². The molecular weight excluding hydrogens is 358 g/mol. The van der Waals surface area contributed by atoms with Crippen molar-refractivity contribution in [2.45, 2.75) is 4.90 Å². The number of thiocyanates is 1. The summed E-state index contributed by atoms with van der Waals surface area (Å²) >= 11 is 11.3. The highest BCUT2D eigenvalue weighted by Crippen LogP contribution is 2.35. The molecule has 0 bridgehead atoms. The number of amides is 1. The standard InChI is InChI=1S/C17H15N3OS3/c1-19(2)16(22)20(17(21)23)15-9-8-13(24-11-18)10-14(15)12-6-4-3-5-7-12/h3-10H,1-2H3,(H,21,23)/p-1. The largest absolute Gasteiger partial charge is 0.718 e. The first-order valence-electron chi connectivity index (χ1n) is 6.93. The molecule has 0 heterocycles. The summed E-state index contributed by atoms with van der Waals surface area (Å²) in [6.45, 7) is 0. The number of anilines is 1. The van der Waals surface area contributed by atoms with Crippen LogP contribution in [0, 0.1) is 10.7 Å². The number of hydrogen-bond acceptors (Lipinski definition) is 5. The van der Waals surface area contributed by atoms with Crippen molar-refractivity contribution in [1.82, 2.24) is 4.90 Å². The van der Waals surface area contributed by atoms with E-state index in [1.54, 1.807) is 31.1 Å². The zero-order chi connectivity index (χ0) is 17.7. The smallest absolute Gasteiger partial charge is 0.181 e. The van der Waals surface area contributed by atoms with Crippen LogP contribution >= 0.6 is 24.0 Å². The molecule has 2 aromatic rings. The molecule has 0 aliphatic rings. The van der Waals surface area contributed by atoms with Gasteiger partial charge in [0, 0.05) is 24.6 Å². The van der Waals surface area contributed by atoms with Crippen molar-refractivity contribution in [3.8, 4) is 16.5 Å². The SMILES string of the molecule is CN(C)C(=S)N(C(=O)[S-])c1ccc(SC#N)cc1-c1ccccc1. The Balaban J connectivity index is 2.66. The lowest BCUT2D eigenvalue weighted by atomic mass is 10.0. The molecule has 0 aliphatic carbocycles. The summed E-state index contributed by atoms with van der Waals surface area (Å²) in [6.07, 6.45) is 0. The van der Waals surface area contributed by atoms with E-state index in [4.69, 9.17) is 30.1 Å². The van der Waals surface area contributed by atoms with Crippen LogP contribution in [0.3, 0.4) is 0 Å². The molecule has 0 spiro atoms. The molecule has 1 amide bonds. The summed E-state index contributed by atoms with van der Waals surface area (Å²) in [5.74, 6) is 0. The van der Waals surface area contributed by atoms with Gasteiger partial charge in [0.25, 0.3) is 0 Å². The van der Waals surface area contributed by atoms with Crippen LogP contribution in [0.1, 0.15) is 0 Å². The van der Waals surface area contributed by atoms with Gasteiger partial charge in [0.05, 0.1) is 5.69 Å². The van der Waals surface area contributed by atoms with E-state index in [9.17, 15) is 4.79 Å². The van der Waals surface area contributed by atoms with Gasteiger partial charge in [-0.3, -0.25) is 4.90 Å². The van der Waals surface area contributed by atoms with Crippen LogP contribution in [-0.2, 0) is 12.6 Å². The van der Waals surface area contributed by atoms with Crippen molar-refractivity contribution < 1.29 is 4.79 Å². The van der Waals surface area contributed by atoms with E-state index < -0.39 is 5.24 Å². The van der Waals surface area contributed by atoms with E-state index in [2.05, 4.69) is 5.40 Å². The number of rotatable bonds is 3. The highest BCUT2D eigenvalue weighted by molar-refractivity contribution is 8.03. The number of thioether (sulfide) groups is 1. The normalized spacial score (nSPS) is 9.88. The summed E-state index contributed by atoms with van der Waals surface area (Å²) in [5.41, 5.74) is 2.30. The van der Waals surface area contributed by atoms with Crippen LogP contribution in [0.2, 0.25) is 0 Å². The molecule has 0 N–H and O–H groups in total. The Kier molecular flexibility index (Phi) is 6.15. The fourth-order valence-corrected chi connectivity index (χ4v) is 3.00. The molecule has 0 radical (unpaired) electrons. The molecule has 2 rings (SSSR count). The van der Waals surface area contributed by atoms with Crippen LogP contribution in [0.4, 0.5) is 10.5 Å². The number of carbonyl (C=O) groups excluding carboxylic acids is 1. The Morgan fingerprint density at radius 1 is 1.21 bits per heavy atom. The predicted octanol–water partition coefficient (Wildman–Crippen LogP) is 4.25. The summed E-state index contributed by atoms with van der Waals surface area (Å²) < 4.78 is 0. The average molecular weight is 373 g/mol. The summed E-state index contributed by atoms with van der Waals surface area (Å²) in [5, 5.41) is 10.7. The lowest BCUT2D eigenvalue weighted by Crippen LogP contribution is -2.42. The molecule has 122 valence electrons. The van der Waals surface area contributed by atoms with Gasteiger partial charge in [-0.2, -0.15) is 5.26 Å². The van der Waals surface area contributed by atoms with E-state index in [-0.39, 0.29) is 0 Å². The average Bonchev–Trinajstić information content (AvgIpc) is 2.56. The van der Waals surface area contributed by atoms with Crippen molar-refractivity contribution in [2.75, 3.05) is 19.0 Å². The van der Waals surface area contributed by atoms with Gasteiger partial charge in [-0.15, -0.1) is 0 Å². The number of hydrogen-bond donors (Lipinski definition) is 0. The summed E-state index contributed by atoms with van der Waals surface area (Å²) in [6, 6.07) is 15.0. The molecule has 0 unspecified atom stereocenters. The third-order valence-corrected chi connectivity index (χ3v) is 4.52. The molecular formula is C17H14N3OS3-. The van der Waals surface area contributed by atoms with Gasteiger partial charge in [0.1, 0.15) is 10.6 Å². The Labute approximate surface area is 156 Å². The Morgan fingerprint density at radius 2 is 1.88 bits per heavy atom. The van der Waals surface area contributed by atoms with Crippen LogP contribution in [0.25, 0.3) is 11.1 Å². The van der Waals surface area contributed by atoms with E-state index in [0.717, 1.165) is 27.8 Å². The van der Waals surface area contributed by atoms with E-state index in [1.165, 1.54) is 4.90 Å². The minimum absolute atomic E-state index is 0.313. The van der Waals surface area contributed by atoms with Crippen molar-refractivity contribution >= 4 is 52.6 Å². The highest BCUT2D eigenvalue weighted by atomic mass is 32.2.